The van der Waals surface area contributed by atoms with Gasteiger partial charge in [0.05, 0.1) is 0 Å². The van der Waals surface area contributed by atoms with Crippen LogP contribution in [0.15, 0.2) is 29.3 Å². The molecule has 168 valence electrons. The summed E-state index contributed by atoms with van der Waals surface area (Å²) in [5.74, 6) is 0.943. The van der Waals surface area contributed by atoms with Crippen molar-refractivity contribution in [2.75, 3.05) is 67.0 Å². The highest BCUT2D eigenvalue weighted by Gasteiger charge is 2.17. The van der Waals surface area contributed by atoms with E-state index in [1.54, 1.807) is 33.0 Å². The third kappa shape index (κ3) is 8.47. The van der Waals surface area contributed by atoms with Crippen LogP contribution in [0.3, 0.4) is 0 Å². The summed E-state index contributed by atoms with van der Waals surface area (Å²) in [6.07, 6.45) is 0.808. The third-order valence-corrected chi connectivity index (χ3v) is 5.05. The van der Waals surface area contributed by atoms with Crippen molar-refractivity contribution in [3.05, 3.63) is 35.4 Å². The Morgan fingerprint density at radius 1 is 1.10 bits per heavy atom. The minimum Gasteiger partial charge on any atom is -0.356 e. The smallest absolute Gasteiger partial charge is 0.253 e. The van der Waals surface area contributed by atoms with Gasteiger partial charge in [0.25, 0.3) is 5.91 Å². The van der Waals surface area contributed by atoms with Gasteiger partial charge in [0.1, 0.15) is 0 Å². The van der Waals surface area contributed by atoms with Crippen LogP contribution in [0.25, 0.3) is 0 Å². The first-order valence-electron chi connectivity index (χ1n) is 10.1. The monoisotopic (exact) mass is 530 g/mol. The number of hydrogen-bond acceptors (Lipinski definition) is 4. The largest absolute Gasteiger partial charge is 0.356 e. The van der Waals surface area contributed by atoms with Crippen molar-refractivity contribution in [2.24, 2.45) is 4.99 Å². The van der Waals surface area contributed by atoms with Gasteiger partial charge < -0.3 is 20.4 Å². The number of carbonyl (C=O) groups excluding carboxylic acids is 2. The van der Waals surface area contributed by atoms with Crippen LogP contribution in [-0.2, 0) is 11.2 Å². The van der Waals surface area contributed by atoms with Gasteiger partial charge in [-0.15, -0.1) is 24.0 Å². The first kappa shape index (κ1) is 26.2. The lowest BCUT2D eigenvalue weighted by atomic mass is 10.1. The first-order chi connectivity index (χ1) is 13.9. The van der Waals surface area contributed by atoms with Gasteiger partial charge in [0.2, 0.25) is 5.91 Å². The van der Waals surface area contributed by atoms with E-state index < -0.39 is 0 Å². The molecule has 0 bridgehead atoms. The summed E-state index contributed by atoms with van der Waals surface area (Å²) in [7, 11) is 5.28. The lowest BCUT2D eigenvalue weighted by molar-refractivity contribution is -0.130. The highest BCUT2D eigenvalue weighted by Crippen LogP contribution is 2.07. The quantitative estimate of drug-likeness (QED) is 0.311. The van der Waals surface area contributed by atoms with Crippen LogP contribution in [0, 0.1) is 0 Å². The maximum absolute atomic E-state index is 12.1. The number of halogens is 1. The first-order valence-corrected chi connectivity index (χ1v) is 10.1. The lowest BCUT2D eigenvalue weighted by Gasteiger charge is -2.34. The van der Waals surface area contributed by atoms with Gasteiger partial charge >= 0.3 is 0 Å². The number of rotatable bonds is 7. The van der Waals surface area contributed by atoms with Crippen LogP contribution in [0.4, 0.5) is 0 Å². The number of amides is 2. The molecule has 8 nitrogen and oxygen atoms in total. The van der Waals surface area contributed by atoms with Crippen molar-refractivity contribution < 1.29 is 9.59 Å². The average molecular weight is 530 g/mol. The van der Waals surface area contributed by atoms with Crippen molar-refractivity contribution in [1.29, 1.82) is 0 Å². The Bertz CT molecular complexity index is 717. The molecule has 1 aliphatic rings. The lowest BCUT2D eigenvalue weighted by Crippen LogP contribution is -2.50. The van der Waals surface area contributed by atoms with E-state index in [0.717, 1.165) is 63.8 Å². The maximum Gasteiger partial charge on any atom is 0.253 e. The molecule has 0 aliphatic carbocycles. The molecule has 1 aliphatic heterocycles. The topological polar surface area (TPSA) is 80.3 Å². The number of hydrogen-bond donors (Lipinski definition) is 2. The number of carbonyl (C=O) groups is 2. The minimum atomic E-state index is 0. The summed E-state index contributed by atoms with van der Waals surface area (Å²) < 4.78 is 0. The second kappa shape index (κ2) is 13.4. The molecule has 1 saturated heterocycles. The van der Waals surface area contributed by atoms with E-state index in [4.69, 9.17) is 0 Å². The SMILES string of the molecule is CN=C(NCCc1cccc(C(=O)N(C)C)c1)NCCN1CCN(C(C)=O)CC1.I. The normalized spacial score (nSPS) is 14.7. The fraction of sp³-hybridized carbons (Fsp3) is 0.571. The average Bonchev–Trinajstić information content (AvgIpc) is 2.72. The molecule has 2 rings (SSSR count). The molecule has 1 aromatic rings. The molecule has 1 aromatic carbocycles. The summed E-state index contributed by atoms with van der Waals surface area (Å²) >= 11 is 0. The Morgan fingerprint density at radius 2 is 1.77 bits per heavy atom. The van der Waals surface area contributed by atoms with Gasteiger partial charge in [-0.1, -0.05) is 12.1 Å². The Kier molecular flexibility index (Phi) is 11.7. The van der Waals surface area contributed by atoms with E-state index in [1.165, 1.54) is 0 Å². The molecule has 0 atom stereocenters. The van der Waals surface area contributed by atoms with E-state index in [1.807, 2.05) is 29.2 Å². The molecule has 0 unspecified atom stereocenters. The number of piperazine rings is 1. The fourth-order valence-electron chi connectivity index (χ4n) is 3.28. The van der Waals surface area contributed by atoms with Crippen LogP contribution in [0.5, 0.6) is 0 Å². The van der Waals surface area contributed by atoms with E-state index >= 15 is 0 Å². The minimum absolute atomic E-state index is 0. The Balaban J connectivity index is 0.00000450. The molecular weight excluding hydrogens is 495 g/mol. The molecule has 0 spiro atoms. The number of nitrogens with one attached hydrogen (secondary N) is 2. The number of benzene rings is 1. The highest BCUT2D eigenvalue weighted by molar-refractivity contribution is 14.0. The summed E-state index contributed by atoms with van der Waals surface area (Å²) in [6, 6.07) is 7.74. The van der Waals surface area contributed by atoms with E-state index in [0.29, 0.717) is 5.56 Å². The van der Waals surface area contributed by atoms with Gasteiger partial charge in [-0.25, -0.2) is 0 Å². The predicted octanol–water partition coefficient (Wildman–Crippen LogP) is 0.878. The number of guanidine groups is 1. The summed E-state index contributed by atoms with van der Waals surface area (Å²) in [4.78, 5) is 33.6. The zero-order valence-corrected chi connectivity index (χ0v) is 20.8. The molecule has 1 fully saturated rings. The van der Waals surface area contributed by atoms with Crippen molar-refractivity contribution >= 4 is 41.8 Å². The van der Waals surface area contributed by atoms with Crippen LogP contribution < -0.4 is 10.6 Å². The Morgan fingerprint density at radius 3 is 2.37 bits per heavy atom. The summed E-state index contributed by atoms with van der Waals surface area (Å²) in [6.45, 7) is 7.51. The van der Waals surface area contributed by atoms with Crippen molar-refractivity contribution in [1.82, 2.24) is 25.3 Å². The molecule has 9 heteroatoms. The molecule has 2 N–H and O–H groups in total. The van der Waals surface area contributed by atoms with Crippen molar-refractivity contribution in [3.63, 3.8) is 0 Å². The maximum atomic E-state index is 12.1. The second-order valence-corrected chi connectivity index (χ2v) is 7.42. The van der Waals surface area contributed by atoms with Gasteiger partial charge in [0, 0.05) is 79.4 Å². The van der Waals surface area contributed by atoms with Crippen LogP contribution in [-0.4, -0.2) is 99.4 Å². The zero-order valence-electron chi connectivity index (χ0n) is 18.5. The van der Waals surface area contributed by atoms with E-state index in [9.17, 15) is 9.59 Å². The Hall–Kier alpha value is -1.88. The molecule has 0 radical (unpaired) electrons. The molecule has 0 saturated carbocycles. The summed E-state index contributed by atoms with van der Waals surface area (Å²) in [5, 5.41) is 6.66. The molecule has 1 heterocycles. The van der Waals surface area contributed by atoms with Crippen LogP contribution >= 0.6 is 24.0 Å². The van der Waals surface area contributed by atoms with Gasteiger partial charge in [0.15, 0.2) is 5.96 Å². The second-order valence-electron chi connectivity index (χ2n) is 7.42. The third-order valence-electron chi connectivity index (χ3n) is 5.05. The number of aliphatic imine (C=N–C) groups is 1. The molecule has 2 amide bonds. The van der Waals surface area contributed by atoms with Crippen molar-refractivity contribution in [2.45, 2.75) is 13.3 Å². The Labute approximate surface area is 197 Å². The van der Waals surface area contributed by atoms with Crippen LogP contribution in [0.1, 0.15) is 22.8 Å². The zero-order chi connectivity index (χ0) is 21.2. The highest BCUT2D eigenvalue weighted by atomic mass is 127. The fourth-order valence-corrected chi connectivity index (χ4v) is 3.28. The molecule has 0 aromatic heterocycles. The summed E-state index contributed by atoms with van der Waals surface area (Å²) in [5.41, 5.74) is 1.82. The number of nitrogens with zero attached hydrogens (tertiary/aromatic N) is 4. The van der Waals surface area contributed by atoms with Gasteiger partial charge in [-0.3, -0.25) is 19.5 Å². The molecular formula is C21H35IN6O2. The van der Waals surface area contributed by atoms with Gasteiger partial charge in [-0.05, 0) is 24.1 Å². The predicted molar refractivity (Wildman–Crippen MR) is 132 cm³/mol. The van der Waals surface area contributed by atoms with Crippen LogP contribution in [0.2, 0.25) is 0 Å². The standard InChI is InChI=1S/C21H34N6O2.HI/c1-17(28)27-14-12-26(13-15-27)11-10-24-21(22-2)23-9-8-18-6-5-7-19(16-18)20(29)25(3)4;/h5-7,16H,8-15H2,1-4H3,(H2,22,23,24);1H. The van der Waals surface area contributed by atoms with E-state index in [-0.39, 0.29) is 35.8 Å². The van der Waals surface area contributed by atoms with Gasteiger partial charge in [-0.2, -0.15) is 0 Å². The van der Waals surface area contributed by atoms with E-state index in [2.05, 4.69) is 20.5 Å². The molecule has 30 heavy (non-hydrogen) atoms. The van der Waals surface area contributed by atoms with Crippen molar-refractivity contribution in [3.8, 4) is 0 Å².